The molecule has 4 heteroatoms. The third kappa shape index (κ3) is 5.03. The highest BCUT2D eigenvalue weighted by molar-refractivity contribution is 4.96. The average Bonchev–Trinajstić information content (AvgIpc) is 2.44. The Hall–Kier alpha value is -0.160. The van der Waals surface area contributed by atoms with Gasteiger partial charge in [-0.1, -0.05) is 19.3 Å². The van der Waals surface area contributed by atoms with Crippen LogP contribution in [-0.2, 0) is 9.47 Å². The first-order valence-corrected chi connectivity index (χ1v) is 7.89. The van der Waals surface area contributed by atoms with Crippen molar-refractivity contribution >= 4 is 0 Å². The fourth-order valence-electron chi connectivity index (χ4n) is 3.43. The summed E-state index contributed by atoms with van der Waals surface area (Å²) in [7, 11) is 1.72. The molecule has 0 amide bonds. The van der Waals surface area contributed by atoms with Crippen LogP contribution >= 0.6 is 0 Å². The van der Waals surface area contributed by atoms with Gasteiger partial charge >= 0.3 is 0 Å². The fourth-order valence-corrected chi connectivity index (χ4v) is 3.43. The quantitative estimate of drug-likeness (QED) is 0.713. The van der Waals surface area contributed by atoms with Gasteiger partial charge in [0.25, 0.3) is 0 Å². The van der Waals surface area contributed by atoms with Crippen LogP contribution in [0.3, 0.4) is 0 Å². The molecule has 0 unspecified atom stereocenters. The second-order valence-electron chi connectivity index (χ2n) is 6.00. The summed E-state index contributed by atoms with van der Waals surface area (Å²) in [6.07, 6.45) is 8.11. The number of rotatable bonds is 7. The third-order valence-corrected chi connectivity index (χ3v) is 4.46. The molecule has 1 N–H and O–H groups in total. The second kappa shape index (κ2) is 8.20. The Morgan fingerprint density at radius 3 is 2.74 bits per heavy atom. The molecule has 4 nitrogen and oxygen atoms in total. The molecule has 112 valence electrons. The molecule has 2 aliphatic rings. The molecule has 0 aromatic rings. The number of hydrogen-bond donors (Lipinski definition) is 1. The van der Waals surface area contributed by atoms with Crippen LogP contribution in [0.25, 0.3) is 0 Å². The highest BCUT2D eigenvalue weighted by Crippen LogP contribution is 2.30. The van der Waals surface area contributed by atoms with Gasteiger partial charge in [0.1, 0.15) is 0 Å². The topological polar surface area (TPSA) is 33.7 Å². The van der Waals surface area contributed by atoms with Crippen LogP contribution in [0.1, 0.15) is 38.5 Å². The number of piperazine rings is 1. The van der Waals surface area contributed by atoms with Crippen molar-refractivity contribution in [2.24, 2.45) is 0 Å². The van der Waals surface area contributed by atoms with Gasteiger partial charge in [0.05, 0.1) is 13.2 Å². The molecule has 1 saturated heterocycles. The number of hydrogen-bond acceptors (Lipinski definition) is 4. The molecule has 1 spiro atoms. The fraction of sp³-hybridized carbons (Fsp3) is 1.00. The predicted octanol–water partition coefficient (Wildman–Crippen LogP) is 1.65. The molecule has 19 heavy (non-hydrogen) atoms. The predicted molar refractivity (Wildman–Crippen MR) is 77.6 cm³/mol. The van der Waals surface area contributed by atoms with Gasteiger partial charge in [-0.15, -0.1) is 0 Å². The van der Waals surface area contributed by atoms with Crippen LogP contribution in [0.2, 0.25) is 0 Å². The van der Waals surface area contributed by atoms with Crippen LogP contribution < -0.4 is 5.32 Å². The Morgan fingerprint density at radius 1 is 1.11 bits per heavy atom. The first kappa shape index (κ1) is 15.2. The maximum absolute atomic E-state index is 5.53. The van der Waals surface area contributed by atoms with Gasteiger partial charge in [-0.3, -0.25) is 0 Å². The van der Waals surface area contributed by atoms with E-state index in [1.807, 2.05) is 0 Å². The molecule has 2 fully saturated rings. The van der Waals surface area contributed by atoms with Crippen LogP contribution in [0.4, 0.5) is 0 Å². The highest BCUT2D eigenvalue weighted by atomic mass is 16.5. The van der Waals surface area contributed by atoms with Gasteiger partial charge in [-0.2, -0.15) is 0 Å². The largest absolute Gasteiger partial charge is 0.382 e. The summed E-state index contributed by atoms with van der Waals surface area (Å²) < 4.78 is 10.5. The standard InChI is InChI=1S/C15H30N2O2/c1-18-12-13-19-11-5-9-17-10-8-16-15(14-17)6-3-2-4-7-15/h16H,2-14H2,1H3. The zero-order valence-electron chi connectivity index (χ0n) is 12.5. The van der Waals surface area contributed by atoms with E-state index in [-0.39, 0.29) is 0 Å². The van der Waals surface area contributed by atoms with Gasteiger partial charge < -0.3 is 19.7 Å². The summed E-state index contributed by atoms with van der Waals surface area (Å²) in [5.74, 6) is 0. The van der Waals surface area contributed by atoms with Crippen molar-refractivity contribution in [3.05, 3.63) is 0 Å². The van der Waals surface area contributed by atoms with Crippen LogP contribution in [0.5, 0.6) is 0 Å². The van der Waals surface area contributed by atoms with Crippen LogP contribution in [-0.4, -0.2) is 63.5 Å². The lowest BCUT2D eigenvalue weighted by molar-refractivity contribution is 0.0561. The Bertz CT molecular complexity index is 237. The van der Waals surface area contributed by atoms with Gasteiger partial charge in [0, 0.05) is 45.4 Å². The smallest absolute Gasteiger partial charge is 0.0700 e. The van der Waals surface area contributed by atoms with Crippen LogP contribution in [0, 0.1) is 0 Å². The number of ether oxygens (including phenoxy) is 2. The van der Waals surface area contributed by atoms with Crippen molar-refractivity contribution < 1.29 is 9.47 Å². The zero-order valence-corrected chi connectivity index (χ0v) is 12.5. The number of methoxy groups -OCH3 is 1. The van der Waals surface area contributed by atoms with E-state index in [2.05, 4.69) is 10.2 Å². The Kier molecular flexibility index (Phi) is 6.57. The monoisotopic (exact) mass is 270 g/mol. The van der Waals surface area contributed by atoms with Crippen molar-refractivity contribution in [1.82, 2.24) is 10.2 Å². The Balaban J connectivity index is 1.61. The first-order chi connectivity index (χ1) is 9.35. The molecule has 0 atom stereocenters. The van der Waals surface area contributed by atoms with Crippen molar-refractivity contribution in [2.75, 3.05) is 53.1 Å². The maximum Gasteiger partial charge on any atom is 0.0700 e. The summed E-state index contributed by atoms with van der Waals surface area (Å²) >= 11 is 0. The second-order valence-corrected chi connectivity index (χ2v) is 6.00. The van der Waals surface area contributed by atoms with Gasteiger partial charge in [-0.05, 0) is 19.3 Å². The Morgan fingerprint density at radius 2 is 1.95 bits per heavy atom. The molecule has 0 aromatic heterocycles. The SMILES string of the molecule is COCCOCCCN1CCNC2(CCCCC2)C1. The molecule has 1 aliphatic carbocycles. The summed E-state index contributed by atoms with van der Waals surface area (Å²) in [6, 6.07) is 0. The minimum absolute atomic E-state index is 0.438. The van der Waals surface area contributed by atoms with E-state index >= 15 is 0 Å². The van der Waals surface area contributed by atoms with E-state index in [0.717, 1.165) is 26.2 Å². The molecule has 1 aliphatic heterocycles. The van der Waals surface area contributed by atoms with E-state index < -0.39 is 0 Å². The lowest BCUT2D eigenvalue weighted by atomic mass is 9.80. The molecular formula is C15H30N2O2. The van der Waals surface area contributed by atoms with E-state index in [0.29, 0.717) is 12.1 Å². The number of nitrogens with zero attached hydrogens (tertiary/aromatic N) is 1. The van der Waals surface area contributed by atoms with Crippen molar-refractivity contribution in [1.29, 1.82) is 0 Å². The molecule has 0 radical (unpaired) electrons. The summed E-state index contributed by atoms with van der Waals surface area (Å²) in [4.78, 5) is 2.63. The van der Waals surface area contributed by atoms with Gasteiger partial charge in [0.15, 0.2) is 0 Å². The van der Waals surface area contributed by atoms with E-state index in [9.17, 15) is 0 Å². The molecule has 1 heterocycles. The average molecular weight is 270 g/mol. The van der Waals surface area contributed by atoms with Crippen molar-refractivity contribution in [2.45, 2.75) is 44.1 Å². The van der Waals surface area contributed by atoms with Crippen molar-refractivity contribution in [3.63, 3.8) is 0 Å². The number of nitrogens with one attached hydrogen (secondary N) is 1. The minimum atomic E-state index is 0.438. The summed E-state index contributed by atoms with van der Waals surface area (Å²) in [5, 5.41) is 3.79. The summed E-state index contributed by atoms with van der Waals surface area (Å²) in [6.45, 7) is 7.06. The molecule has 2 rings (SSSR count). The third-order valence-electron chi connectivity index (χ3n) is 4.46. The molecular weight excluding hydrogens is 240 g/mol. The maximum atomic E-state index is 5.53. The van der Waals surface area contributed by atoms with E-state index in [1.54, 1.807) is 7.11 Å². The summed E-state index contributed by atoms with van der Waals surface area (Å²) in [5.41, 5.74) is 0.438. The lowest BCUT2D eigenvalue weighted by Gasteiger charge is -2.46. The molecule has 0 bridgehead atoms. The van der Waals surface area contributed by atoms with E-state index in [4.69, 9.17) is 9.47 Å². The Labute approximate surface area is 117 Å². The van der Waals surface area contributed by atoms with Gasteiger partial charge in [0.2, 0.25) is 0 Å². The van der Waals surface area contributed by atoms with Gasteiger partial charge in [-0.25, -0.2) is 0 Å². The first-order valence-electron chi connectivity index (χ1n) is 7.89. The van der Waals surface area contributed by atoms with Crippen molar-refractivity contribution in [3.8, 4) is 0 Å². The molecule has 0 aromatic carbocycles. The van der Waals surface area contributed by atoms with Crippen LogP contribution in [0.15, 0.2) is 0 Å². The van der Waals surface area contributed by atoms with E-state index in [1.165, 1.54) is 51.7 Å². The highest BCUT2D eigenvalue weighted by Gasteiger charge is 2.35. The zero-order chi connectivity index (χ0) is 13.4. The normalized spacial score (nSPS) is 23.8. The molecule has 1 saturated carbocycles. The lowest BCUT2D eigenvalue weighted by Crippen LogP contribution is -2.61. The minimum Gasteiger partial charge on any atom is -0.382 e.